The summed E-state index contributed by atoms with van der Waals surface area (Å²) < 4.78 is 5.52. The van der Waals surface area contributed by atoms with Gasteiger partial charge < -0.3 is 15.6 Å². The van der Waals surface area contributed by atoms with Crippen LogP contribution in [0.15, 0.2) is 35.4 Å². The number of hydrogen-bond donors (Lipinski definition) is 2. The molecular weight excluding hydrogens is 314 g/mol. The van der Waals surface area contributed by atoms with E-state index in [-0.39, 0.29) is 18.2 Å². The number of nitrogens with two attached hydrogens (primary N) is 1. The van der Waals surface area contributed by atoms with E-state index < -0.39 is 5.97 Å². The molecule has 8 heteroatoms. The topological polar surface area (TPSA) is 98.3 Å². The Kier molecular flexibility index (Phi) is 5.24. The summed E-state index contributed by atoms with van der Waals surface area (Å²) in [6.45, 7) is 0.0927. The van der Waals surface area contributed by atoms with E-state index in [1.807, 2.05) is 0 Å². The maximum Gasteiger partial charge on any atom is 0.313 e. The molecule has 2 aromatic rings. The number of nitrogen functional groups attached to an aromatic ring is 1. The highest BCUT2D eigenvalue weighted by Crippen LogP contribution is 2.24. The van der Waals surface area contributed by atoms with E-state index in [1.54, 1.807) is 24.3 Å². The zero-order chi connectivity index (χ0) is 15.2. The van der Waals surface area contributed by atoms with Crippen LogP contribution in [0.2, 0.25) is 5.02 Å². The lowest BCUT2D eigenvalue weighted by Gasteiger charge is -2.08. The Morgan fingerprint density at radius 2 is 2.14 bits per heavy atom. The van der Waals surface area contributed by atoms with Gasteiger partial charge in [-0.05, 0) is 12.1 Å². The van der Waals surface area contributed by atoms with Crippen LogP contribution in [0.5, 0.6) is 5.75 Å². The van der Waals surface area contributed by atoms with E-state index in [0.717, 1.165) is 11.8 Å². The van der Waals surface area contributed by atoms with Crippen LogP contribution in [0.25, 0.3) is 0 Å². The lowest BCUT2D eigenvalue weighted by atomic mass is 10.3. The molecule has 2 rings (SSSR count). The van der Waals surface area contributed by atoms with Crippen LogP contribution in [0.3, 0.4) is 0 Å². The van der Waals surface area contributed by atoms with E-state index >= 15 is 0 Å². The van der Waals surface area contributed by atoms with Crippen LogP contribution in [0.1, 0.15) is 5.82 Å². The number of thioether (sulfide) groups is 1. The zero-order valence-corrected chi connectivity index (χ0v) is 12.4. The Labute approximate surface area is 130 Å². The molecule has 0 aliphatic rings. The number of carboxylic acid groups (broad SMARTS) is 1. The van der Waals surface area contributed by atoms with Crippen LogP contribution >= 0.6 is 23.4 Å². The molecule has 0 unspecified atom stereocenters. The molecule has 0 atom stereocenters. The van der Waals surface area contributed by atoms with Crippen molar-refractivity contribution in [1.82, 2.24) is 9.97 Å². The van der Waals surface area contributed by atoms with Crippen molar-refractivity contribution in [3.05, 3.63) is 41.2 Å². The van der Waals surface area contributed by atoms with Crippen LogP contribution in [0, 0.1) is 0 Å². The summed E-state index contributed by atoms with van der Waals surface area (Å²) >= 11 is 7.05. The number of ether oxygens (including phenoxy) is 1. The molecule has 1 heterocycles. The van der Waals surface area contributed by atoms with Gasteiger partial charge in [0.1, 0.15) is 23.2 Å². The molecule has 0 radical (unpaired) electrons. The number of carboxylic acids is 1. The van der Waals surface area contributed by atoms with E-state index in [2.05, 4.69) is 9.97 Å². The predicted octanol–water partition coefficient (Wildman–Crippen LogP) is 2.47. The Morgan fingerprint density at radius 1 is 1.38 bits per heavy atom. The summed E-state index contributed by atoms with van der Waals surface area (Å²) in [7, 11) is 0. The van der Waals surface area contributed by atoms with Gasteiger partial charge in [-0.15, -0.1) is 0 Å². The third-order valence-corrected chi connectivity index (χ3v) is 3.51. The number of carbonyl (C=O) groups is 1. The minimum absolute atomic E-state index is 0.0927. The van der Waals surface area contributed by atoms with Gasteiger partial charge in [-0.2, -0.15) is 0 Å². The standard InChI is InChI=1S/C13H12ClN3O3S/c14-8-3-1-2-4-9(8)20-6-11-16-10(15)5-12(17-11)21-7-13(18)19/h1-5H,6-7H2,(H,18,19)(H2,15,16,17). The van der Waals surface area contributed by atoms with Crippen LogP contribution in [-0.4, -0.2) is 26.8 Å². The van der Waals surface area contributed by atoms with Gasteiger partial charge in [0.15, 0.2) is 5.82 Å². The second kappa shape index (κ2) is 7.14. The maximum atomic E-state index is 10.6. The fraction of sp³-hybridized carbons (Fsp3) is 0.154. The second-order valence-electron chi connectivity index (χ2n) is 3.95. The molecule has 1 aromatic carbocycles. The molecule has 6 nitrogen and oxygen atoms in total. The average molecular weight is 326 g/mol. The highest BCUT2D eigenvalue weighted by molar-refractivity contribution is 7.99. The first kappa shape index (κ1) is 15.4. The molecule has 0 bridgehead atoms. The number of nitrogens with zero attached hydrogens (tertiary/aromatic N) is 2. The van der Waals surface area contributed by atoms with E-state index in [9.17, 15) is 4.79 Å². The molecule has 0 amide bonds. The first-order valence-electron chi connectivity index (χ1n) is 5.90. The third-order valence-electron chi connectivity index (χ3n) is 2.31. The van der Waals surface area contributed by atoms with Crippen molar-refractivity contribution >= 4 is 35.1 Å². The average Bonchev–Trinajstić information content (AvgIpc) is 2.44. The highest BCUT2D eigenvalue weighted by Gasteiger charge is 2.07. The predicted molar refractivity (Wildman–Crippen MR) is 80.6 cm³/mol. The molecule has 3 N–H and O–H groups in total. The van der Waals surface area contributed by atoms with Gasteiger partial charge in [-0.25, -0.2) is 9.97 Å². The monoisotopic (exact) mass is 325 g/mol. The number of halogens is 1. The smallest absolute Gasteiger partial charge is 0.313 e. The molecular formula is C13H12ClN3O3S. The Morgan fingerprint density at radius 3 is 2.86 bits per heavy atom. The molecule has 0 aliphatic carbocycles. The van der Waals surface area contributed by atoms with Crippen molar-refractivity contribution < 1.29 is 14.6 Å². The molecule has 0 saturated carbocycles. The molecule has 1 aromatic heterocycles. The minimum Gasteiger partial charge on any atom is -0.484 e. The quantitative estimate of drug-likeness (QED) is 0.621. The van der Waals surface area contributed by atoms with Crippen LogP contribution in [-0.2, 0) is 11.4 Å². The second-order valence-corrected chi connectivity index (χ2v) is 5.35. The van der Waals surface area contributed by atoms with Crippen molar-refractivity contribution in [2.75, 3.05) is 11.5 Å². The number of hydrogen-bond acceptors (Lipinski definition) is 6. The normalized spacial score (nSPS) is 10.3. The summed E-state index contributed by atoms with van der Waals surface area (Å²) in [5, 5.41) is 9.64. The molecule has 0 aliphatic heterocycles. The van der Waals surface area contributed by atoms with Gasteiger partial charge in [-0.3, -0.25) is 4.79 Å². The molecule has 0 fully saturated rings. The first-order chi connectivity index (χ1) is 10.0. The van der Waals surface area contributed by atoms with Gasteiger partial charge in [0.25, 0.3) is 0 Å². The molecule has 110 valence electrons. The number of benzene rings is 1. The summed E-state index contributed by atoms with van der Waals surface area (Å²) in [4.78, 5) is 18.8. The van der Waals surface area contributed by atoms with Gasteiger partial charge in [0.2, 0.25) is 0 Å². The van der Waals surface area contributed by atoms with Gasteiger partial charge in [0.05, 0.1) is 10.8 Å². The van der Waals surface area contributed by atoms with Crippen molar-refractivity contribution in [2.45, 2.75) is 11.6 Å². The largest absolute Gasteiger partial charge is 0.484 e. The number of anilines is 1. The summed E-state index contributed by atoms with van der Waals surface area (Å²) in [6.07, 6.45) is 0. The van der Waals surface area contributed by atoms with Crippen LogP contribution < -0.4 is 10.5 Å². The van der Waals surface area contributed by atoms with Gasteiger partial charge in [0, 0.05) is 6.07 Å². The third kappa shape index (κ3) is 4.80. The number of aliphatic carboxylic acids is 1. The fourth-order valence-corrected chi connectivity index (χ4v) is 2.31. The lowest BCUT2D eigenvalue weighted by molar-refractivity contribution is -0.133. The molecule has 21 heavy (non-hydrogen) atoms. The Bertz CT molecular complexity index is 654. The van der Waals surface area contributed by atoms with E-state index in [1.165, 1.54) is 6.07 Å². The minimum atomic E-state index is -0.925. The van der Waals surface area contributed by atoms with Crippen molar-refractivity contribution in [1.29, 1.82) is 0 Å². The van der Waals surface area contributed by atoms with Gasteiger partial charge in [-0.1, -0.05) is 35.5 Å². The zero-order valence-electron chi connectivity index (χ0n) is 10.8. The summed E-state index contributed by atoms with van der Waals surface area (Å²) in [6, 6.07) is 8.56. The summed E-state index contributed by atoms with van der Waals surface area (Å²) in [5.41, 5.74) is 5.67. The SMILES string of the molecule is Nc1cc(SCC(=O)O)nc(COc2ccccc2Cl)n1. The van der Waals surface area contributed by atoms with Crippen molar-refractivity contribution in [3.8, 4) is 5.75 Å². The molecule has 0 spiro atoms. The molecule has 0 saturated heterocycles. The first-order valence-corrected chi connectivity index (χ1v) is 7.26. The van der Waals surface area contributed by atoms with Gasteiger partial charge >= 0.3 is 5.97 Å². The lowest BCUT2D eigenvalue weighted by Crippen LogP contribution is -2.06. The van der Waals surface area contributed by atoms with Crippen molar-refractivity contribution in [3.63, 3.8) is 0 Å². The fourth-order valence-electron chi connectivity index (χ4n) is 1.47. The van der Waals surface area contributed by atoms with Crippen molar-refractivity contribution in [2.24, 2.45) is 0 Å². The van der Waals surface area contributed by atoms with Crippen LogP contribution in [0.4, 0.5) is 5.82 Å². The number of rotatable bonds is 6. The Balaban J connectivity index is 2.06. The van der Waals surface area contributed by atoms with E-state index in [0.29, 0.717) is 21.6 Å². The number of para-hydroxylation sites is 1. The number of aromatic nitrogens is 2. The van der Waals surface area contributed by atoms with E-state index in [4.69, 9.17) is 27.2 Å². The Hall–Kier alpha value is -1.99. The highest BCUT2D eigenvalue weighted by atomic mass is 35.5. The summed E-state index contributed by atoms with van der Waals surface area (Å²) in [5.74, 6) is 0.121. The maximum absolute atomic E-state index is 10.6.